The Morgan fingerprint density at radius 2 is 1.55 bits per heavy atom. The summed E-state index contributed by atoms with van der Waals surface area (Å²) in [5.41, 5.74) is 2.43. The van der Waals surface area contributed by atoms with Gasteiger partial charge in [0.2, 0.25) is 5.62 Å². The molecule has 1 fully saturated rings. The van der Waals surface area contributed by atoms with Gasteiger partial charge >= 0.3 is 0 Å². The highest BCUT2D eigenvalue weighted by atomic mass is 79.9. The van der Waals surface area contributed by atoms with Crippen LogP contribution in [0.5, 0.6) is 0 Å². The molecule has 0 bridgehead atoms. The van der Waals surface area contributed by atoms with Crippen LogP contribution in [0.4, 0.5) is 5.69 Å². The van der Waals surface area contributed by atoms with Gasteiger partial charge in [-0.15, -0.1) is 17.0 Å². The zero-order valence-electron chi connectivity index (χ0n) is 17.2. The fourth-order valence-electron chi connectivity index (χ4n) is 4.11. The van der Waals surface area contributed by atoms with E-state index in [1.807, 2.05) is 28.8 Å². The van der Waals surface area contributed by atoms with Crippen molar-refractivity contribution in [3.8, 4) is 0 Å². The van der Waals surface area contributed by atoms with Crippen LogP contribution >= 0.6 is 17.0 Å². The maximum atomic E-state index is 12.8. The van der Waals surface area contributed by atoms with Gasteiger partial charge in [0, 0.05) is 30.8 Å². The lowest BCUT2D eigenvalue weighted by molar-refractivity contribution is -0.384. The highest BCUT2D eigenvalue weighted by molar-refractivity contribution is 8.93. The molecule has 0 saturated carbocycles. The average Bonchev–Trinajstić information content (AvgIpc) is 3.04. The van der Waals surface area contributed by atoms with Crippen molar-refractivity contribution < 1.29 is 9.72 Å². The first kappa shape index (κ1) is 22.9. The quantitative estimate of drug-likeness (QED) is 0.311. The van der Waals surface area contributed by atoms with Gasteiger partial charge < -0.3 is 14.0 Å². The number of piperidine rings is 1. The fraction of sp³-hybridized carbons (Fsp3) is 0.364. The molecule has 2 aromatic carbocycles. The molecule has 3 aromatic rings. The Morgan fingerprint density at radius 3 is 2.16 bits per heavy atom. The van der Waals surface area contributed by atoms with Crippen LogP contribution < -0.4 is 5.62 Å². The van der Waals surface area contributed by atoms with Crippen LogP contribution in [0.25, 0.3) is 11.0 Å². The highest BCUT2D eigenvalue weighted by Gasteiger charge is 2.17. The first-order valence-corrected chi connectivity index (χ1v) is 10.3. The largest absolute Gasteiger partial charge is 0.309 e. The second-order valence-corrected chi connectivity index (χ2v) is 7.68. The van der Waals surface area contributed by atoms with E-state index in [9.17, 15) is 14.9 Å². The van der Waals surface area contributed by atoms with E-state index in [-0.39, 0.29) is 35.0 Å². The number of Topliss-reactive ketones (excluding diaryl/α,β-unsaturated/α-hetero) is 1. The number of carbonyl (C=O) groups excluding carboxylic acids is 1. The molecule has 0 atom stereocenters. The molecule has 1 N–H and O–H groups in total. The number of hydrogen-bond acceptors (Lipinski definition) is 5. The summed E-state index contributed by atoms with van der Waals surface area (Å²) >= 11 is 0. The van der Waals surface area contributed by atoms with Gasteiger partial charge in [-0.1, -0.05) is 18.6 Å². The summed E-state index contributed by atoms with van der Waals surface area (Å²) in [6, 6.07) is 13.4. The number of nitro groups is 1. The van der Waals surface area contributed by atoms with Crippen LogP contribution in [0, 0.1) is 15.5 Å². The zero-order chi connectivity index (χ0) is 21.1. The van der Waals surface area contributed by atoms with Crippen LogP contribution in [0.3, 0.4) is 0 Å². The number of halogens is 1. The Bertz CT molecular complexity index is 1130. The number of benzene rings is 2. The van der Waals surface area contributed by atoms with E-state index in [1.54, 1.807) is 4.57 Å². The molecule has 1 aliphatic heterocycles. The van der Waals surface area contributed by atoms with Crippen LogP contribution in [0.2, 0.25) is 0 Å². The van der Waals surface area contributed by atoms with Gasteiger partial charge in [0.05, 0.1) is 22.5 Å². The monoisotopic (exact) mass is 487 g/mol. The van der Waals surface area contributed by atoms with Crippen molar-refractivity contribution in [1.82, 2.24) is 14.0 Å². The first-order valence-electron chi connectivity index (χ1n) is 10.3. The molecule has 2 heterocycles. The molecule has 9 heteroatoms. The smallest absolute Gasteiger partial charge is 0.269 e. The molecule has 0 aliphatic carbocycles. The molecule has 31 heavy (non-hydrogen) atoms. The Hall–Kier alpha value is -2.78. The van der Waals surface area contributed by atoms with Crippen LogP contribution in [0.15, 0.2) is 48.5 Å². The molecule has 4 rings (SSSR count). The number of ketones is 1. The molecule has 1 aliphatic rings. The highest BCUT2D eigenvalue weighted by Crippen LogP contribution is 2.16. The predicted octanol–water partition coefficient (Wildman–Crippen LogP) is 3.78. The molecule has 0 amide bonds. The standard InChI is InChI=1S/C22H25N5O3.BrH/c23-22-25(15-14-24-12-4-1-5-13-24)19-6-2-3-7-20(19)26(22)16-21(28)17-8-10-18(11-9-17)27(29)30;/h2-3,6-11,23H,1,4-5,12-16H2;1H. The van der Waals surface area contributed by atoms with Crippen LogP contribution in [-0.2, 0) is 13.1 Å². The van der Waals surface area contributed by atoms with Crippen molar-refractivity contribution in [2.45, 2.75) is 32.4 Å². The molecule has 1 saturated heterocycles. The number of imidazole rings is 1. The number of nitrogens with one attached hydrogen (secondary N) is 1. The number of non-ortho nitro benzene ring substituents is 1. The minimum absolute atomic E-state index is 0. The van der Waals surface area contributed by atoms with E-state index in [0.717, 1.165) is 30.7 Å². The Balaban J connectivity index is 0.00000272. The maximum absolute atomic E-state index is 12.8. The number of nitro benzene ring substituents is 1. The summed E-state index contributed by atoms with van der Waals surface area (Å²) in [6.45, 7) is 3.82. The van der Waals surface area contributed by atoms with E-state index in [0.29, 0.717) is 17.7 Å². The van der Waals surface area contributed by atoms with E-state index >= 15 is 0 Å². The van der Waals surface area contributed by atoms with Crippen molar-refractivity contribution in [3.05, 3.63) is 69.8 Å². The third-order valence-corrected chi connectivity index (χ3v) is 5.76. The summed E-state index contributed by atoms with van der Waals surface area (Å²) in [5, 5.41) is 19.5. The van der Waals surface area contributed by atoms with Gasteiger partial charge in [0.15, 0.2) is 5.78 Å². The van der Waals surface area contributed by atoms with E-state index in [2.05, 4.69) is 4.90 Å². The molecular formula is C22H26BrN5O3. The summed E-state index contributed by atoms with van der Waals surface area (Å²) in [4.78, 5) is 25.6. The Morgan fingerprint density at radius 1 is 0.935 bits per heavy atom. The molecule has 0 radical (unpaired) electrons. The normalized spacial score (nSPS) is 14.3. The third-order valence-electron chi connectivity index (χ3n) is 5.76. The first-order chi connectivity index (χ1) is 14.5. The van der Waals surface area contributed by atoms with Crippen LogP contribution in [0.1, 0.15) is 29.6 Å². The van der Waals surface area contributed by atoms with Crippen molar-refractivity contribution in [3.63, 3.8) is 0 Å². The second-order valence-electron chi connectivity index (χ2n) is 7.68. The topological polar surface area (TPSA) is 97.2 Å². The molecule has 8 nitrogen and oxygen atoms in total. The van der Waals surface area contributed by atoms with Gasteiger partial charge in [0.1, 0.15) is 0 Å². The number of nitrogens with zero attached hydrogens (tertiary/aromatic N) is 4. The maximum Gasteiger partial charge on any atom is 0.269 e. The number of para-hydroxylation sites is 2. The number of rotatable bonds is 7. The second kappa shape index (κ2) is 10.0. The lowest BCUT2D eigenvalue weighted by atomic mass is 10.1. The number of fused-ring (bicyclic) bond motifs is 1. The van der Waals surface area contributed by atoms with Gasteiger partial charge in [-0.3, -0.25) is 20.3 Å². The van der Waals surface area contributed by atoms with Crippen LogP contribution in [-0.4, -0.2) is 44.4 Å². The number of hydrogen-bond donors (Lipinski definition) is 1. The summed E-state index contributed by atoms with van der Waals surface area (Å²) in [7, 11) is 0. The third kappa shape index (κ3) is 4.94. The fourth-order valence-corrected chi connectivity index (χ4v) is 4.11. The predicted molar refractivity (Wildman–Crippen MR) is 124 cm³/mol. The summed E-state index contributed by atoms with van der Waals surface area (Å²) in [5.74, 6) is -0.178. The molecule has 1 aromatic heterocycles. The van der Waals surface area contributed by atoms with Gasteiger partial charge in [-0.2, -0.15) is 0 Å². The Kier molecular flexibility index (Phi) is 7.40. The lowest BCUT2D eigenvalue weighted by Crippen LogP contribution is -2.35. The van der Waals surface area contributed by atoms with E-state index in [4.69, 9.17) is 5.41 Å². The van der Waals surface area contributed by atoms with E-state index in [1.165, 1.54) is 43.5 Å². The summed E-state index contributed by atoms with van der Waals surface area (Å²) < 4.78 is 3.68. The van der Waals surface area contributed by atoms with Gasteiger partial charge in [-0.25, -0.2) is 0 Å². The van der Waals surface area contributed by atoms with Crippen molar-refractivity contribution in [2.24, 2.45) is 0 Å². The minimum atomic E-state index is -0.485. The SMILES string of the molecule is Br.N=c1n(CCN2CCCCC2)c2ccccc2n1CC(=O)c1ccc([N+](=O)[O-])cc1. The van der Waals surface area contributed by atoms with Crippen molar-refractivity contribution in [1.29, 1.82) is 5.41 Å². The molecule has 0 spiro atoms. The minimum Gasteiger partial charge on any atom is -0.309 e. The van der Waals surface area contributed by atoms with Gasteiger partial charge in [-0.05, 0) is 50.2 Å². The zero-order valence-corrected chi connectivity index (χ0v) is 18.9. The molecular weight excluding hydrogens is 462 g/mol. The average molecular weight is 488 g/mol. The number of carbonyl (C=O) groups is 1. The van der Waals surface area contributed by atoms with E-state index < -0.39 is 4.92 Å². The molecule has 164 valence electrons. The lowest BCUT2D eigenvalue weighted by Gasteiger charge is -2.26. The van der Waals surface area contributed by atoms with Crippen molar-refractivity contribution in [2.75, 3.05) is 19.6 Å². The van der Waals surface area contributed by atoms with Gasteiger partial charge in [0.25, 0.3) is 5.69 Å². The molecule has 0 unspecified atom stereocenters. The van der Waals surface area contributed by atoms with Crippen molar-refractivity contribution >= 4 is 39.5 Å². The number of likely N-dealkylation sites (tertiary alicyclic amines) is 1. The number of aromatic nitrogens is 2. The summed E-state index contributed by atoms with van der Waals surface area (Å²) in [6.07, 6.45) is 3.74. The Labute approximate surface area is 190 Å².